The molecule has 1 rings (SSSR count). The van der Waals surface area contributed by atoms with E-state index in [9.17, 15) is 4.79 Å². The van der Waals surface area contributed by atoms with Crippen LogP contribution >= 0.6 is 11.8 Å². The number of nitrogens with one attached hydrogen (secondary N) is 1. The van der Waals surface area contributed by atoms with E-state index in [1.807, 2.05) is 11.8 Å². The van der Waals surface area contributed by atoms with Crippen molar-refractivity contribution < 1.29 is 9.90 Å². The van der Waals surface area contributed by atoms with Crippen LogP contribution in [0.2, 0.25) is 0 Å². The minimum absolute atomic E-state index is 0.634. The SMILES string of the molecule is CNC1(C(=O)O)CCSCC1. The van der Waals surface area contributed by atoms with Gasteiger partial charge < -0.3 is 10.4 Å². The van der Waals surface area contributed by atoms with Gasteiger partial charge in [-0.3, -0.25) is 4.79 Å². The zero-order chi connectivity index (χ0) is 8.32. The van der Waals surface area contributed by atoms with Crippen LogP contribution in [0.15, 0.2) is 0 Å². The summed E-state index contributed by atoms with van der Waals surface area (Å²) in [7, 11) is 1.73. The Balaban J connectivity index is 2.64. The van der Waals surface area contributed by atoms with Crippen molar-refractivity contribution in [2.75, 3.05) is 18.6 Å². The van der Waals surface area contributed by atoms with Crippen LogP contribution in [-0.4, -0.2) is 35.2 Å². The van der Waals surface area contributed by atoms with E-state index in [1.165, 1.54) is 0 Å². The highest BCUT2D eigenvalue weighted by atomic mass is 32.2. The molecule has 0 atom stereocenters. The molecule has 0 aromatic heterocycles. The van der Waals surface area contributed by atoms with Crippen LogP contribution in [0.5, 0.6) is 0 Å². The summed E-state index contributed by atoms with van der Waals surface area (Å²) in [5.74, 6) is 1.20. The lowest BCUT2D eigenvalue weighted by atomic mass is 9.93. The van der Waals surface area contributed by atoms with Gasteiger partial charge in [0.15, 0.2) is 0 Å². The first kappa shape index (κ1) is 8.87. The standard InChI is InChI=1S/C7H13NO2S/c1-8-7(6(9)10)2-4-11-5-3-7/h8H,2-5H2,1H3,(H,9,10). The zero-order valence-electron chi connectivity index (χ0n) is 6.59. The number of thioether (sulfide) groups is 1. The fourth-order valence-corrected chi connectivity index (χ4v) is 2.48. The fourth-order valence-electron chi connectivity index (χ4n) is 1.29. The summed E-state index contributed by atoms with van der Waals surface area (Å²) in [5.41, 5.74) is -0.634. The molecule has 1 aliphatic rings. The summed E-state index contributed by atoms with van der Waals surface area (Å²) in [6.45, 7) is 0. The number of rotatable bonds is 2. The molecule has 1 fully saturated rings. The topological polar surface area (TPSA) is 49.3 Å². The van der Waals surface area contributed by atoms with E-state index in [0.29, 0.717) is 0 Å². The molecule has 0 aromatic carbocycles. The Labute approximate surface area is 70.6 Å². The van der Waals surface area contributed by atoms with Crippen molar-refractivity contribution in [1.82, 2.24) is 5.32 Å². The lowest BCUT2D eigenvalue weighted by molar-refractivity contribution is -0.145. The van der Waals surface area contributed by atoms with Crippen molar-refractivity contribution in [2.45, 2.75) is 18.4 Å². The Bertz CT molecular complexity index is 155. The van der Waals surface area contributed by atoms with Gasteiger partial charge in [0, 0.05) is 0 Å². The fraction of sp³-hybridized carbons (Fsp3) is 0.857. The second-order valence-electron chi connectivity index (χ2n) is 2.75. The number of aliphatic carboxylic acids is 1. The minimum Gasteiger partial charge on any atom is -0.480 e. The van der Waals surface area contributed by atoms with Crippen molar-refractivity contribution in [3.63, 3.8) is 0 Å². The molecule has 0 aliphatic carbocycles. The molecule has 0 radical (unpaired) electrons. The van der Waals surface area contributed by atoms with Gasteiger partial charge in [-0.15, -0.1) is 0 Å². The molecule has 1 heterocycles. The molecule has 4 heteroatoms. The highest BCUT2D eigenvalue weighted by Gasteiger charge is 2.37. The highest BCUT2D eigenvalue weighted by Crippen LogP contribution is 2.26. The lowest BCUT2D eigenvalue weighted by Crippen LogP contribution is -2.52. The normalized spacial score (nSPS) is 23.0. The van der Waals surface area contributed by atoms with E-state index in [1.54, 1.807) is 7.05 Å². The molecular weight excluding hydrogens is 162 g/mol. The smallest absolute Gasteiger partial charge is 0.323 e. The third-order valence-electron chi connectivity index (χ3n) is 2.23. The van der Waals surface area contributed by atoms with Gasteiger partial charge in [-0.2, -0.15) is 11.8 Å². The first-order valence-electron chi connectivity index (χ1n) is 3.71. The average Bonchev–Trinajstić information content (AvgIpc) is 2.05. The summed E-state index contributed by atoms with van der Waals surface area (Å²) in [4.78, 5) is 10.8. The van der Waals surface area contributed by atoms with Crippen LogP contribution in [-0.2, 0) is 4.79 Å². The van der Waals surface area contributed by atoms with E-state index >= 15 is 0 Å². The maximum Gasteiger partial charge on any atom is 0.323 e. The zero-order valence-corrected chi connectivity index (χ0v) is 7.41. The van der Waals surface area contributed by atoms with Crippen molar-refractivity contribution in [3.05, 3.63) is 0 Å². The van der Waals surface area contributed by atoms with Crippen LogP contribution < -0.4 is 5.32 Å². The second-order valence-corrected chi connectivity index (χ2v) is 3.97. The van der Waals surface area contributed by atoms with Crippen LogP contribution in [0.4, 0.5) is 0 Å². The Morgan fingerprint density at radius 1 is 1.55 bits per heavy atom. The van der Waals surface area contributed by atoms with E-state index in [0.717, 1.165) is 24.3 Å². The molecule has 0 bridgehead atoms. The molecule has 1 aliphatic heterocycles. The molecule has 0 unspecified atom stereocenters. The second kappa shape index (κ2) is 3.45. The molecule has 3 nitrogen and oxygen atoms in total. The number of carboxylic acids is 1. The predicted octanol–water partition coefficient (Wildman–Crippen LogP) is 0.556. The van der Waals surface area contributed by atoms with Crippen molar-refractivity contribution >= 4 is 17.7 Å². The summed E-state index contributed by atoms with van der Waals surface area (Å²) < 4.78 is 0. The van der Waals surface area contributed by atoms with Crippen LogP contribution in [0.25, 0.3) is 0 Å². The van der Waals surface area contributed by atoms with Gasteiger partial charge in [-0.1, -0.05) is 0 Å². The van der Waals surface area contributed by atoms with Gasteiger partial charge in [0.05, 0.1) is 0 Å². The molecule has 0 spiro atoms. The molecule has 0 aromatic rings. The number of carboxylic acid groups (broad SMARTS) is 1. The molecule has 0 saturated carbocycles. The number of carbonyl (C=O) groups is 1. The van der Waals surface area contributed by atoms with Crippen LogP contribution in [0, 0.1) is 0 Å². The van der Waals surface area contributed by atoms with Crippen molar-refractivity contribution in [1.29, 1.82) is 0 Å². The molecule has 2 N–H and O–H groups in total. The Hall–Kier alpha value is -0.220. The largest absolute Gasteiger partial charge is 0.480 e. The van der Waals surface area contributed by atoms with E-state index in [2.05, 4.69) is 5.32 Å². The summed E-state index contributed by atoms with van der Waals surface area (Å²) in [5, 5.41) is 11.8. The van der Waals surface area contributed by atoms with Gasteiger partial charge in [-0.25, -0.2) is 0 Å². The Morgan fingerprint density at radius 2 is 2.09 bits per heavy atom. The van der Waals surface area contributed by atoms with E-state index in [-0.39, 0.29) is 0 Å². The molecule has 0 amide bonds. The lowest BCUT2D eigenvalue weighted by Gasteiger charge is -2.32. The van der Waals surface area contributed by atoms with Crippen LogP contribution in [0.1, 0.15) is 12.8 Å². The minimum atomic E-state index is -0.708. The molecule has 64 valence electrons. The maximum absolute atomic E-state index is 10.8. The van der Waals surface area contributed by atoms with Gasteiger partial charge in [0.1, 0.15) is 5.54 Å². The first-order chi connectivity index (χ1) is 5.21. The number of hydrogen-bond acceptors (Lipinski definition) is 3. The van der Waals surface area contributed by atoms with Gasteiger partial charge in [-0.05, 0) is 31.4 Å². The summed E-state index contributed by atoms with van der Waals surface area (Å²) in [6.07, 6.45) is 1.48. The number of likely N-dealkylation sites (N-methyl/N-ethyl adjacent to an activating group) is 1. The summed E-state index contributed by atoms with van der Waals surface area (Å²) in [6, 6.07) is 0. The van der Waals surface area contributed by atoms with Crippen molar-refractivity contribution in [3.8, 4) is 0 Å². The van der Waals surface area contributed by atoms with Gasteiger partial charge in [0.25, 0.3) is 0 Å². The Kier molecular flexibility index (Phi) is 2.78. The third-order valence-corrected chi connectivity index (χ3v) is 3.22. The highest BCUT2D eigenvalue weighted by molar-refractivity contribution is 7.99. The molecular formula is C7H13NO2S. The Morgan fingerprint density at radius 3 is 2.36 bits per heavy atom. The van der Waals surface area contributed by atoms with E-state index < -0.39 is 11.5 Å². The molecule has 1 saturated heterocycles. The van der Waals surface area contributed by atoms with Crippen LogP contribution in [0.3, 0.4) is 0 Å². The van der Waals surface area contributed by atoms with E-state index in [4.69, 9.17) is 5.11 Å². The average molecular weight is 175 g/mol. The van der Waals surface area contributed by atoms with Gasteiger partial charge >= 0.3 is 5.97 Å². The third kappa shape index (κ3) is 1.68. The summed E-state index contributed by atoms with van der Waals surface area (Å²) >= 11 is 1.83. The molecule has 11 heavy (non-hydrogen) atoms. The predicted molar refractivity (Wildman–Crippen MR) is 46.0 cm³/mol. The van der Waals surface area contributed by atoms with Gasteiger partial charge in [0.2, 0.25) is 0 Å². The number of hydrogen-bond donors (Lipinski definition) is 2. The van der Waals surface area contributed by atoms with Crippen molar-refractivity contribution in [2.24, 2.45) is 0 Å². The maximum atomic E-state index is 10.8. The monoisotopic (exact) mass is 175 g/mol. The first-order valence-corrected chi connectivity index (χ1v) is 4.87. The quantitative estimate of drug-likeness (QED) is 0.643.